The fourth-order valence-corrected chi connectivity index (χ4v) is 2.96. The van der Waals surface area contributed by atoms with Gasteiger partial charge in [0.2, 0.25) is 0 Å². The van der Waals surface area contributed by atoms with Gasteiger partial charge in [0.1, 0.15) is 0 Å². The lowest BCUT2D eigenvalue weighted by atomic mass is 10.1. The van der Waals surface area contributed by atoms with Crippen molar-refractivity contribution in [2.45, 2.75) is 30.9 Å². The molecule has 0 aliphatic carbocycles. The maximum absolute atomic E-state index is 12.3. The van der Waals surface area contributed by atoms with Gasteiger partial charge in [0.25, 0.3) is 0 Å². The van der Waals surface area contributed by atoms with E-state index in [0.717, 1.165) is 10.5 Å². The molecule has 1 nitrogen and oxygen atoms in total. The van der Waals surface area contributed by atoms with Gasteiger partial charge in [-0.2, -0.15) is 0 Å². The SMILES string of the molecule is Cc1ccc(C(=O)C(C)Sc2cccc(C)c2)cc1. The Kier molecular flexibility index (Phi) is 4.43. The average Bonchev–Trinajstić information content (AvgIpc) is 2.39. The van der Waals surface area contributed by atoms with E-state index >= 15 is 0 Å². The van der Waals surface area contributed by atoms with Crippen LogP contribution < -0.4 is 0 Å². The zero-order valence-corrected chi connectivity index (χ0v) is 12.3. The number of aryl methyl sites for hydroxylation is 2. The molecule has 0 spiro atoms. The van der Waals surface area contributed by atoms with Crippen molar-refractivity contribution >= 4 is 17.5 Å². The number of carbonyl (C=O) groups is 1. The molecule has 0 fully saturated rings. The Morgan fingerprint density at radius 1 is 1.00 bits per heavy atom. The summed E-state index contributed by atoms with van der Waals surface area (Å²) in [6.45, 7) is 6.06. The van der Waals surface area contributed by atoms with E-state index in [-0.39, 0.29) is 11.0 Å². The predicted molar refractivity (Wildman–Crippen MR) is 82.0 cm³/mol. The summed E-state index contributed by atoms with van der Waals surface area (Å²) in [5.41, 5.74) is 3.19. The molecule has 2 heteroatoms. The Labute approximate surface area is 119 Å². The highest BCUT2D eigenvalue weighted by atomic mass is 32.2. The third-order valence-corrected chi connectivity index (χ3v) is 4.10. The molecule has 0 aromatic heterocycles. The standard InChI is InChI=1S/C17H18OS/c1-12-7-9-15(10-8-12)17(18)14(3)19-16-6-4-5-13(2)11-16/h4-11,14H,1-3H3. The number of carbonyl (C=O) groups excluding carboxylic acids is 1. The molecule has 0 radical (unpaired) electrons. The van der Waals surface area contributed by atoms with E-state index in [0.29, 0.717) is 0 Å². The first-order valence-electron chi connectivity index (χ1n) is 6.40. The zero-order valence-electron chi connectivity index (χ0n) is 11.5. The van der Waals surface area contributed by atoms with Gasteiger partial charge in [-0.25, -0.2) is 0 Å². The van der Waals surface area contributed by atoms with Crippen molar-refractivity contribution in [2.75, 3.05) is 0 Å². The number of hydrogen-bond acceptors (Lipinski definition) is 2. The molecule has 98 valence electrons. The summed E-state index contributed by atoms with van der Waals surface area (Å²) in [5, 5.41) is -0.0653. The maximum Gasteiger partial charge on any atom is 0.175 e. The molecule has 0 saturated carbocycles. The van der Waals surface area contributed by atoms with Gasteiger partial charge in [0.15, 0.2) is 5.78 Å². The van der Waals surface area contributed by atoms with Crippen LogP contribution in [0, 0.1) is 13.8 Å². The van der Waals surface area contributed by atoms with Gasteiger partial charge < -0.3 is 0 Å². The van der Waals surface area contributed by atoms with Gasteiger partial charge in [0.05, 0.1) is 5.25 Å². The molecular weight excluding hydrogens is 252 g/mol. The number of Topliss-reactive ketones (excluding diaryl/α,β-unsaturated/α-hetero) is 1. The normalized spacial score (nSPS) is 12.2. The lowest BCUT2D eigenvalue weighted by Gasteiger charge is -2.11. The summed E-state index contributed by atoms with van der Waals surface area (Å²) in [6.07, 6.45) is 0. The van der Waals surface area contributed by atoms with Crippen LogP contribution in [0.25, 0.3) is 0 Å². The lowest BCUT2D eigenvalue weighted by molar-refractivity contribution is 0.0994. The van der Waals surface area contributed by atoms with Crippen LogP contribution in [0.5, 0.6) is 0 Å². The van der Waals surface area contributed by atoms with E-state index in [4.69, 9.17) is 0 Å². The van der Waals surface area contributed by atoms with Crippen LogP contribution in [0.3, 0.4) is 0 Å². The Bertz CT molecular complexity index is 572. The minimum Gasteiger partial charge on any atom is -0.293 e. The van der Waals surface area contributed by atoms with Crippen molar-refractivity contribution in [3.05, 3.63) is 65.2 Å². The molecule has 1 atom stereocenters. The first kappa shape index (κ1) is 13.9. The fraction of sp³-hybridized carbons (Fsp3) is 0.235. The van der Waals surface area contributed by atoms with Crippen LogP contribution in [0.1, 0.15) is 28.4 Å². The van der Waals surface area contributed by atoms with Gasteiger partial charge in [-0.3, -0.25) is 4.79 Å². The van der Waals surface area contributed by atoms with Crippen LogP contribution in [-0.4, -0.2) is 11.0 Å². The van der Waals surface area contributed by atoms with E-state index < -0.39 is 0 Å². The molecular formula is C17H18OS. The molecule has 1 unspecified atom stereocenters. The summed E-state index contributed by atoms with van der Waals surface area (Å²) in [5.74, 6) is 0.187. The van der Waals surface area contributed by atoms with Crippen LogP contribution in [0.15, 0.2) is 53.4 Å². The van der Waals surface area contributed by atoms with Crippen molar-refractivity contribution in [3.63, 3.8) is 0 Å². The molecule has 0 N–H and O–H groups in total. The minimum absolute atomic E-state index is 0.0653. The second kappa shape index (κ2) is 6.07. The molecule has 0 heterocycles. The Morgan fingerprint density at radius 3 is 2.32 bits per heavy atom. The van der Waals surface area contributed by atoms with Crippen LogP contribution in [0.2, 0.25) is 0 Å². The van der Waals surface area contributed by atoms with Gasteiger partial charge in [-0.15, -0.1) is 11.8 Å². The predicted octanol–water partition coefficient (Wildman–Crippen LogP) is 4.67. The Morgan fingerprint density at radius 2 is 1.68 bits per heavy atom. The van der Waals surface area contributed by atoms with E-state index in [1.54, 1.807) is 11.8 Å². The molecule has 2 aromatic rings. The zero-order chi connectivity index (χ0) is 13.8. The van der Waals surface area contributed by atoms with Gasteiger partial charge in [-0.05, 0) is 32.9 Å². The van der Waals surface area contributed by atoms with Crippen LogP contribution >= 0.6 is 11.8 Å². The second-order valence-corrected chi connectivity index (χ2v) is 6.22. The Balaban J connectivity index is 2.09. The van der Waals surface area contributed by atoms with Crippen molar-refractivity contribution in [1.29, 1.82) is 0 Å². The maximum atomic E-state index is 12.3. The number of benzene rings is 2. The largest absolute Gasteiger partial charge is 0.293 e. The second-order valence-electron chi connectivity index (χ2n) is 4.81. The van der Waals surface area contributed by atoms with Gasteiger partial charge >= 0.3 is 0 Å². The number of hydrogen-bond donors (Lipinski definition) is 0. The highest BCUT2D eigenvalue weighted by Gasteiger charge is 2.16. The molecule has 2 aromatic carbocycles. The van der Waals surface area contributed by atoms with Crippen molar-refractivity contribution < 1.29 is 4.79 Å². The average molecular weight is 270 g/mol. The first-order valence-corrected chi connectivity index (χ1v) is 7.28. The molecule has 0 aliphatic rings. The van der Waals surface area contributed by atoms with E-state index in [1.165, 1.54) is 11.1 Å². The first-order chi connectivity index (χ1) is 9.06. The third-order valence-electron chi connectivity index (χ3n) is 3.01. The topological polar surface area (TPSA) is 17.1 Å². The Hall–Kier alpha value is -1.54. The number of ketones is 1. The summed E-state index contributed by atoms with van der Waals surface area (Å²) in [6, 6.07) is 16.0. The number of rotatable bonds is 4. The monoisotopic (exact) mass is 270 g/mol. The molecule has 0 amide bonds. The lowest BCUT2D eigenvalue weighted by Crippen LogP contribution is -2.13. The highest BCUT2D eigenvalue weighted by Crippen LogP contribution is 2.26. The fourth-order valence-electron chi connectivity index (χ4n) is 1.90. The third kappa shape index (κ3) is 3.71. The van der Waals surface area contributed by atoms with E-state index in [1.807, 2.05) is 44.2 Å². The molecule has 0 aliphatic heterocycles. The minimum atomic E-state index is -0.0653. The summed E-state index contributed by atoms with van der Waals surface area (Å²) < 4.78 is 0. The summed E-state index contributed by atoms with van der Waals surface area (Å²) in [4.78, 5) is 13.5. The smallest absolute Gasteiger partial charge is 0.175 e. The highest BCUT2D eigenvalue weighted by molar-refractivity contribution is 8.00. The van der Waals surface area contributed by atoms with Crippen LogP contribution in [-0.2, 0) is 0 Å². The summed E-state index contributed by atoms with van der Waals surface area (Å²) in [7, 11) is 0. The molecule has 2 rings (SSSR count). The van der Waals surface area contributed by atoms with Crippen molar-refractivity contribution in [2.24, 2.45) is 0 Å². The molecule has 0 bridgehead atoms. The summed E-state index contributed by atoms with van der Waals surface area (Å²) >= 11 is 1.62. The number of thioether (sulfide) groups is 1. The molecule has 19 heavy (non-hydrogen) atoms. The van der Waals surface area contributed by atoms with E-state index in [9.17, 15) is 4.79 Å². The van der Waals surface area contributed by atoms with Gasteiger partial charge in [0, 0.05) is 10.5 Å². The van der Waals surface area contributed by atoms with Crippen molar-refractivity contribution in [1.82, 2.24) is 0 Å². The van der Waals surface area contributed by atoms with Crippen LogP contribution in [0.4, 0.5) is 0 Å². The van der Waals surface area contributed by atoms with Gasteiger partial charge in [-0.1, -0.05) is 47.5 Å². The van der Waals surface area contributed by atoms with Crippen molar-refractivity contribution in [3.8, 4) is 0 Å². The molecule has 0 saturated heterocycles. The quantitative estimate of drug-likeness (QED) is 0.593. The van der Waals surface area contributed by atoms with E-state index in [2.05, 4.69) is 25.1 Å².